The van der Waals surface area contributed by atoms with Crippen molar-refractivity contribution < 1.29 is 25.2 Å². The summed E-state index contributed by atoms with van der Waals surface area (Å²) >= 11 is 0. The van der Waals surface area contributed by atoms with Crippen molar-refractivity contribution in [2.45, 2.75) is 109 Å². The van der Waals surface area contributed by atoms with Crippen molar-refractivity contribution in [1.82, 2.24) is 0 Å². The molecule has 0 saturated carbocycles. The third kappa shape index (κ3) is 11.9. The summed E-state index contributed by atoms with van der Waals surface area (Å²) in [6, 6.07) is 4.92. The van der Waals surface area contributed by atoms with Crippen LogP contribution in [-0.2, 0) is 6.42 Å². The molecule has 0 bridgehead atoms. The Morgan fingerprint density at radius 2 is 1.38 bits per heavy atom. The average molecular weight is 409 g/mol. The second kappa shape index (κ2) is 15.3. The minimum atomic E-state index is -1.06. The Bertz CT molecular complexity index is 570. The number of aromatic hydroxyl groups is 1. The van der Waals surface area contributed by atoms with Crippen LogP contribution in [0.3, 0.4) is 0 Å². The van der Waals surface area contributed by atoms with Gasteiger partial charge in [0.1, 0.15) is 11.3 Å². The molecule has 0 aliphatic heterocycles. The summed E-state index contributed by atoms with van der Waals surface area (Å²) in [4.78, 5) is 11.2. The lowest BCUT2D eigenvalue weighted by molar-refractivity contribution is 0.0692. The standard InChI is InChI=1S/C24H40O5/c1-19(25)18-21(26)16-12-10-8-6-4-2-3-5-7-9-11-14-20-15-13-17-22(27)23(20)24(28)29/h13,15,17,19,21,25-27H,2-12,14,16,18H2,1H3,(H,28,29). The molecule has 2 atom stereocenters. The van der Waals surface area contributed by atoms with Gasteiger partial charge >= 0.3 is 5.97 Å². The second-order valence-electron chi connectivity index (χ2n) is 8.28. The molecule has 0 heterocycles. The van der Waals surface area contributed by atoms with Crippen LogP contribution in [0.25, 0.3) is 0 Å². The fourth-order valence-corrected chi connectivity index (χ4v) is 3.84. The van der Waals surface area contributed by atoms with E-state index in [4.69, 9.17) is 0 Å². The largest absolute Gasteiger partial charge is 0.507 e. The first-order chi connectivity index (χ1) is 13.9. The van der Waals surface area contributed by atoms with Crippen molar-refractivity contribution in [3.8, 4) is 5.75 Å². The molecule has 0 aromatic heterocycles. The first kappa shape index (κ1) is 25.4. The van der Waals surface area contributed by atoms with Crippen molar-refractivity contribution in [1.29, 1.82) is 0 Å². The number of carboxylic acid groups (broad SMARTS) is 1. The minimum Gasteiger partial charge on any atom is -0.507 e. The fraction of sp³-hybridized carbons (Fsp3) is 0.708. The van der Waals surface area contributed by atoms with Crippen LogP contribution < -0.4 is 0 Å². The summed E-state index contributed by atoms with van der Waals surface area (Å²) in [5.74, 6) is -1.21. The maximum absolute atomic E-state index is 11.2. The Balaban J connectivity index is 1.95. The van der Waals surface area contributed by atoms with Gasteiger partial charge in [0, 0.05) is 0 Å². The highest BCUT2D eigenvalue weighted by molar-refractivity contribution is 5.92. The van der Waals surface area contributed by atoms with Crippen LogP contribution in [0.1, 0.15) is 106 Å². The molecule has 29 heavy (non-hydrogen) atoms. The average Bonchev–Trinajstić information content (AvgIpc) is 2.64. The zero-order chi connectivity index (χ0) is 21.5. The van der Waals surface area contributed by atoms with Gasteiger partial charge in [-0.15, -0.1) is 0 Å². The second-order valence-corrected chi connectivity index (χ2v) is 8.28. The fourth-order valence-electron chi connectivity index (χ4n) is 3.84. The van der Waals surface area contributed by atoms with Crippen LogP contribution in [-0.4, -0.2) is 38.6 Å². The number of rotatable bonds is 17. The highest BCUT2D eigenvalue weighted by Crippen LogP contribution is 2.23. The highest BCUT2D eigenvalue weighted by Gasteiger charge is 2.14. The van der Waals surface area contributed by atoms with E-state index in [1.807, 2.05) is 0 Å². The van der Waals surface area contributed by atoms with Crippen molar-refractivity contribution in [3.63, 3.8) is 0 Å². The summed E-state index contributed by atoms with van der Waals surface area (Å²) in [6.07, 6.45) is 14.1. The number of unbranched alkanes of at least 4 members (excludes halogenated alkanes) is 10. The van der Waals surface area contributed by atoms with Gasteiger partial charge in [0.05, 0.1) is 12.2 Å². The molecule has 4 N–H and O–H groups in total. The Morgan fingerprint density at radius 3 is 1.90 bits per heavy atom. The molecule has 0 amide bonds. The molecule has 1 aromatic rings. The molecule has 166 valence electrons. The molecule has 0 spiro atoms. The number of benzene rings is 1. The van der Waals surface area contributed by atoms with E-state index in [-0.39, 0.29) is 17.4 Å². The van der Waals surface area contributed by atoms with Crippen molar-refractivity contribution in [2.75, 3.05) is 0 Å². The minimum absolute atomic E-state index is 0.0463. The van der Waals surface area contributed by atoms with Crippen LogP contribution in [0.4, 0.5) is 0 Å². The number of aliphatic hydroxyl groups excluding tert-OH is 2. The van der Waals surface area contributed by atoms with Gasteiger partial charge in [-0.2, -0.15) is 0 Å². The SMILES string of the molecule is CC(O)CC(O)CCCCCCCCCCCCCc1cccc(O)c1C(=O)O. The number of aryl methyl sites for hydroxylation is 1. The third-order valence-corrected chi connectivity index (χ3v) is 5.44. The van der Waals surface area contributed by atoms with E-state index in [0.717, 1.165) is 37.7 Å². The van der Waals surface area contributed by atoms with Crippen LogP contribution in [0.15, 0.2) is 18.2 Å². The topological polar surface area (TPSA) is 98.0 Å². The number of aliphatic hydroxyl groups is 2. The van der Waals surface area contributed by atoms with Gasteiger partial charge in [-0.25, -0.2) is 4.79 Å². The Morgan fingerprint density at radius 1 is 0.862 bits per heavy atom. The Labute approximate surface area is 175 Å². The molecular weight excluding hydrogens is 368 g/mol. The first-order valence-electron chi connectivity index (χ1n) is 11.3. The van der Waals surface area contributed by atoms with Gasteiger partial charge < -0.3 is 20.4 Å². The Kier molecular flexibility index (Phi) is 13.4. The van der Waals surface area contributed by atoms with E-state index in [2.05, 4.69) is 0 Å². The predicted molar refractivity (Wildman–Crippen MR) is 116 cm³/mol. The van der Waals surface area contributed by atoms with Gasteiger partial charge in [-0.3, -0.25) is 0 Å². The van der Waals surface area contributed by atoms with E-state index in [9.17, 15) is 25.2 Å². The normalized spacial score (nSPS) is 13.3. The number of hydrogen-bond acceptors (Lipinski definition) is 4. The molecule has 1 rings (SSSR count). The number of phenols is 1. The molecule has 0 radical (unpaired) electrons. The lowest BCUT2D eigenvalue weighted by Gasteiger charge is -2.11. The van der Waals surface area contributed by atoms with E-state index in [0.29, 0.717) is 12.8 Å². The highest BCUT2D eigenvalue weighted by atomic mass is 16.4. The number of carboxylic acids is 1. The lowest BCUT2D eigenvalue weighted by Crippen LogP contribution is -2.14. The van der Waals surface area contributed by atoms with E-state index >= 15 is 0 Å². The zero-order valence-electron chi connectivity index (χ0n) is 18.0. The molecule has 0 aliphatic carbocycles. The van der Waals surface area contributed by atoms with E-state index < -0.39 is 12.1 Å². The summed E-state index contributed by atoms with van der Waals surface area (Å²) in [5, 5.41) is 37.8. The molecule has 5 nitrogen and oxygen atoms in total. The molecule has 0 aliphatic rings. The first-order valence-corrected chi connectivity index (χ1v) is 11.3. The summed E-state index contributed by atoms with van der Waals surface area (Å²) in [5.41, 5.74) is 0.765. The third-order valence-electron chi connectivity index (χ3n) is 5.44. The quantitative estimate of drug-likeness (QED) is 0.257. The maximum Gasteiger partial charge on any atom is 0.339 e. The smallest absolute Gasteiger partial charge is 0.339 e. The molecule has 1 aromatic carbocycles. The van der Waals surface area contributed by atoms with Crippen LogP contribution in [0.5, 0.6) is 5.75 Å². The molecular formula is C24H40O5. The monoisotopic (exact) mass is 408 g/mol. The van der Waals surface area contributed by atoms with Gasteiger partial charge in [0.15, 0.2) is 0 Å². The predicted octanol–water partition coefficient (Wildman–Crippen LogP) is 5.45. The van der Waals surface area contributed by atoms with Crippen molar-refractivity contribution >= 4 is 5.97 Å². The zero-order valence-corrected chi connectivity index (χ0v) is 18.0. The molecule has 0 saturated heterocycles. The van der Waals surface area contributed by atoms with Gasteiger partial charge in [0.25, 0.3) is 0 Å². The summed E-state index contributed by atoms with van der Waals surface area (Å²) in [6.45, 7) is 1.72. The van der Waals surface area contributed by atoms with E-state index in [1.54, 1.807) is 19.1 Å². The van der Waals surface area contributed by atoms with E-state index in [1.165, 1.54) is 51.0 Å². The number of carbonyl (C=O) groups is 1. The molecule has 0 fully saturated rings. The molecule has 5 heteroatoms. The number of hydrogen-bond donors (Lipinski definition) is 4. The number of aromatic carboxylic acids is 1. The van der Waals surface area contributed by atoms with Crippen LogP contribution in [0.2, 0.25) is 0 Å². The van der Waals surface area contributed by atoms with Gasteiger partial charge in [-0.1, -0.05) is 76.3 Å². The lowest BCUT2D eigenvalue weighted by atomic mass is 9.99. The van der Waals surface area contributed by atoms with Crippen LogP contribution in [0, 0.1) is 0 Å². The Hall–Kier alpha value is -1.59. The van der Waals surface area contributed by atoms with Crippen molar-refractivity contribution in [2.24, 2.45) is 0 Å². The summed E-state index contributed by atoms with van der Waals surface area (Å²) < 4.78 is 0. The maximum atomic E-state index is 11.2. The van der Waals surface area contributed by atoms with Gasteiger partial charge in [-0.05, 0) is 44.2 Å². The van der Waals surface area contributed by atoms with Crippen molar-refractivity contribution in [3.05, 3.63) is 29.3 Å². The summed E-state index contributed by atoms with van der Waals surface area (Å²) in [7, 11) is 0. The van der Waals surface area contributed by atoms with Crippen LogP contribution >= 0.6 is 0 Å². The molecule has 2 unspecified atom stereocenters. The van der Waals surface area contributed by atoms with Gasteiger partial charge in [0.2, 0.25) is 0 Å².